The van der Waals surface area contributed by atoms with Gasteiger partial charge in [0.1, 0.15) is 5.75 Å². The summed E-state index contributed by atoms with van der Waals surface area (Å²) < 4.78 is 11.1. The number of para-hydroxylation sites is 1. The summed E-state index contributed by atoms with van der Waals surface area (Å²) >= 11 is 0. The van der Waals surface area contributed by atoms with Crippen molar-refractivity contribution in [3.8, 4) is 5.75 Å². The van der Waals surface area contributed by atoms with Gasteiger partial charge in [-0.15, -0.1) is 0 Å². The molecule has 0 bridgehead atoms. The lowest BCUT2D eigenvalue weighted by Crippen LogP contribution is -2.40. The number of hydrogen-bond acceptors (Lipinski definition) is 5. The summed E-state index contributed by atoms with van der Waals surface area (Å²) in [5.41, 5.74) is 1.22. The first-order valence-electron chi connectivity index (χ1n) is 6.65. The van der Waals surface area contributed by atoms with E-state index in [1.54, 1.807) is 0 Å². The van der Waals surface area contributed by atoms with Gasteiger partial charge in [0.05, 0.1) is 18.4 Å². The van der Waals surface area contributed by atoms with Gasteiger partial charge in [0.15, 0.2) is 5.82 Å². The van der Waals surface area contributed by atoms with Gasteiger partial charge in [-0.05, 0) is 18.1 Å². The maximum atomic E-state index is 5.77. The number of aromatic nitrogens is 2. The molecular formula is C14H15N3O2. The highest BCUT2D eigenvalue weighted by Gasteiger charge is 2.29. The van der Waals surface area contributed by atoms with Gasteiger partial charge in [-0.25, -0.2) is 0 Å². The van der Waals surface area contributed by atoms with E-state index >= 15 is 0 Å². The van der Waals surface area contributed by atoms with Crippen molar-refractivity contribution in [2.24, 2.45) is 0 Å². The highest BCUT2D eigenvalue weighted by atomic mass is 16.5. The van der Waals surface area contributed by atoms with Crippen molar-refractivity contribution >= 4 is 0 Å². The fourth-order valence-corrected chi connectivity index (χ4v) is 2.54. The van der Waals surface area contributed by atoms with E-state index in [2.05, 4.69) is 21.5 Å². The smallest absolute Gasteiger partial charge is 0.232 e. The zero-order chi connectivity index (χ0) is 12.7. The van der Waals surface area contributed by atoms with Crippen LogP contribution in [0.3, 0.4) is 0 Å². The number of fused-ring (bicyclic) bond motifs is 1. The standard InChI is InChI=1S/C14H15N3O2/c1-2-4-12-9(3-1)5-10(8-18-12)13-16-14(19-17-13)11-6-15-7-11/h1-4,10-11,15H,5-8H2. The number of benzene rings is 1. The Kier molecular flexibility index (Phi) is 2.51. The van der Waals surface area contributed by atoms with Crippen molar-refractivity contribution < 1.29 is 9.26 Å². The molecule has 98 valence electrons. The molecule has 1 unspecified atom stereocenters. The lowest BCUT2D eigenvalue weighted by Gasteiger charge is -2.23. The molecule has 1 aromatic heterocycles. The third-order valence-corrected chi connectivity index (χ3v) is 3.83. The van der Waals surface area contributed by atoms with Crippen molar-refractivity contribution in [1.82, 2.24) is 15.5 Å². The number of ether oxygens (including phenoxy) is 1. The molecule has 19 heavy (non-hydrogen) atoms. The minimum Gasteiger partial charge on any atom is -0.493 e. The van der Waals surface area contributed by atoms with Crippen LogP contribution in [0.15, 0.2) is 28.8 Å². The summed E-state index contributed by atoms with van der Waals surface area (Å²) in [5, 5.41) is 7.33. The lowest BCUT2D eigenvalue weighted by atomic mass is 9.96. The predicted octanol–water partition coefficient (Wildman–Crippen LogP) is 1.48. The largest absolute Gasteiger partial charge is 0.493 e. The molecular weight excluding hydrogens is 242 g/mol. The Hall–Kier alpha value is -1.88. The second kappa shape index (κ2) is 4.35. The highest BCUT2D eigenvalue weighted by Crippen LogP contribution is 2.31. The molecule has 5 heteroatoms. The monoisotopic (exact) mass is 257 g/mol. The van der Waals surface area contributed by atoms with Crippen LogP contribution in [0.25, 0.3) is 0 Å². The van der Waals surface area contributed by atoms with Crippen LogP contribution in [0.2, 0.25) is 0 Å². The zero-order valence-electron chi connectivity index (χ0n) is 10.5. The number of hydrogen-bond donors (Lipinski definition) is 1. The van der Waals surface area contributed by atoms with Crippen LogP contribution in [-0.4, -0.2) is 29.8 Å². The van der Waals surface area contributed by atoms with E-state index in [1.165, 1.54) is 5.56 Å². The number of nitrogens with one attached hydrogen (secondary N) is 1. The fraction of sp³-hybridized carbons (Fsp3) is 0.429. The molecule has 2 aliphatic heterocycles. The Balaban J connectivity index is 1.55. The molecule has 2 aromatic rings. The van der Waals surface area contributed by atoms with E-state index in [0.717, 1.165) is 37.0 Å². The Morgan fingerprint density at radius 2 is 2.05 bits per heavy atom. The number of rotatable bonds is 2. The van der Waals surface area contributed by atoms with Crippen LogP contribution in [-0.2, 0) is 6.42 Å². The molecule has 1 atom stereocenters. The minimum absolute atomic E-state index is 0.195. The van der Waals surface area contributed by atoms with E-state index in [4.69, 9.17) is 9.26 Å². The summed E-state index contributed by atoms with van der Waals surface area (Å²) in [6, 6.07) is 8.13. The minimum atomic E-state index is 0.195. The Labute approximate surface area is 111 Å². The van der Waals surface area contributed by atoms with Crippen molar-refractivity contribution in [1.29, 1.82) is 0 Å². The molecule has 3 heterocycles. The van der Waals surface area contributed by atoms with Gasteiger partial charge in [-0.3, -0.25) is 0 Å². The molecule has 4 rings (SSSR count). The van der Waals surface area contributed by atoms with E-state index in [1.807, 2.05) is 18.2 Å². The molecule has 1 fully saturated rings. The topological polar surface area (TPSA) is 60.2 Å². The second-order valence-corrected chi connectivity index (χ2v) is 5.17. The molecule has 0 spiro atoms. The van der Waals surface area contributed by atoms with E-state index < -0.39 is 0 Å². The second-order valence-electron chi connectivity index (χ2n) is 5.17. The van der Waals surface area contributed by atoms with Crippen LogP contribution >= 0.6 is 0 Å². The molecule has 0 saturated carbocycles. The first kappa shape index (κ1) is 11.0. The molecule has 1 N–H and O–H groups in total. The third-order valence-electron chi connectivity index (χ3n) is 3.83. The quantitative estimate of drug-likeness (QED) is 0.883. The first-order valence-corrected chi connectivity index (χ1v) is 6.65. The molecule has 1 aromatic carbocycles. The van der Waals surface area contributed by atoms with Gasteiger partial charge in [0, 0.05) is 13.1 Å². The van der Waals surface area contributed by atoms with Crippen molar-refractivity contribution in [3.63, 3.8) is 0 Å². The van der Waals surface area contributed by atoms with Crippen LogP contribution in [0.1, 0.15) is 29.1 Å². The third kappa shape index (κ3) is 1.90. The van der Waals surface area contributed by atoms with E-state index in [0.29, 0.717) is 12.5 Å². The summed E-state index contributed by atoms with van der Waals surface area (Å²) in [6.07, 6.45) is 0.915. The van der Waals surface area contributed by atoms with Gasteiger partial charge in [-0.2, -0.15) is 4.98 Å². The summed E-state index contributed by atoms with van der Waals surface area (Å²) in [4.78, 5) is 4.53. The maximum absolute atomic E-state index is 5.77. The summed E-state index contributed by atoms with van der Waals surface area (Å²) in [5.74, 6) is 3.09. The Morgan fingerprint density at radius 3 is 2.89 bits per heavy atom. The van der Waals surface area contributed by atoms with Gasteiger partial charge in [-0.1, -0.05) is 23.4 Å². The molecule has 2 aliphatic rings. The van der Waals surface area contributed by atoms with Crippen LogP contribution < -0.4 is 10.1 Å². The van der Waals surface area contributed by atoms with Gasteiger partial charge in [0.2, 0.25) is 5.89 Å². The van der Waals surface area contributed by atoms with E-state index in [-0.39, 0.29) is 5.92 Å². The van der Waals surface area contributed by atoms with Gasteiger partial charge >= 0.3 is 0 Å². The lowest BCUT2D eigenvalue weighted by molar-refractivity contribution is 0.252. The number of nitrogens with zero attached hydrogens (tertiary/aromatic N) is 2. The average molecular weight is 257 g/mol. The van der Waals surface area contributed by atoms with E-state index in [9.17, 15) is 0 Å². The highest BCUT2D eigenvalue weighted by molar-refractivity contribution is 5.36. The summed E-state index contributed by atoms with van der Waals surface area (Å²) in [7, 11) is 0. The molecule has 0 amide bonds. The van der Waals surface area contributed by atoms with Gasteiger partial charge < -0.3 is 14.6 Å². The van der Waals surface area contributed by atoms with Crippen molar-refractivity contribution in [2.45, 2.75) is 18.3 Å². The zero-order valence-corrected chi connectivity index (χ0v) is 10.5. The fourth-order valence-electron chi connectivity index (χ4n) is 2.54. The molecule has 1 saturated heterocycles. The molecule has 0 radical (unpaired) electrons. The Bertz CT molecular complexity index is 592. The summed E-state index contributed by atoms with van der Waals surface area (Å²) in [6.45, 7) is 2.50. The van der Waals surface area contributed by atoms with Crippen LogP contribution in [0.5, 0.6) is 5.75 Å². The van der Waals surface area contributed by atoms with Crippen molar-refractivity contribution in [2.75, 3.05) is 19.7 Å². The van der Waals surface area contributed by atoms with Crippen LogP contribution in [0, 0.1) is 0 Å². The molecule has 5 nitrogen and oxygen atoms in total. The Morgan fingerprint density at radius 1 is 1.16 bits per heavy atom. The normalized spacial score (nSPS) is 22.4. The predicted molar refractivity (Wildman–Crippen MR) is 68.3 cm³/mol. The SMILES string of the molecule is c1ccc2c(c1)CC(c1noc(C3CNC3)n1)CO2. The van der Waals surface area contributed by atoms with Crippen molar-refractivity contribution in [3.05, 3.63) is 41.5 Å². The molecule has 0 aliphatic carbocycles. The first-order chi connectivity index (χ1) is 9.40. The average Bonchev–Trinajstić information content (AvgIpc) is 2.85. The maximum Gasteiger partial charge on any atom is 0.232 e. The van der Waals surface area contributed by atoms with Crippen LogP contribution in [0.4, 0.5) is 0 Å². The van der Waals surface area contributed by atoms with Gasteiger partial charge in [0.25, 0.3) is 0 Å².